The van der Waals surface area contributed by atoms with E-state index in [1.165, 1.54) is 18.2 Å². The number of aliphatic hydroxyl groups excluding tert-OH is 1. The van der Waals surface area contributed by atoms with Crippen LogP contribution in [0.4, 0.5) is 17.6 Å². The van der Waals surface area contributed by atoms with E-state index in [0.29, 0.717) is 0 Å². The third-order valence-electron chi connectivity index (χ3n) is 3.39. The van der Waals surface area contributed by atoms with Crippen LogP contribution in [0.3, 0.4) is 0 Å². The second-order valence-corrected chi connectivity index (χ2v) is 6.49. The van der Waals surface area contributed by atoms with Gasteiger partial charge in [0, 0.05) is 17.5 Å². The molecule has 2 heterocycles. The van der Waals surface area contributed by atoms with Crippen LogP contribution in [-0.2, 0) is 6.18 Å². The number of thioether (sulfide) groups is 1. The third-order valence-corrected chi connectivity index (χ3v) is 4.69. The molecular formula is C15H10ClF4N3OS. The quantitative estimate of drug-likeness (QED) is 0.530. The summed E-state index contributed by atoms with van der Waals surface area (Å²) >= 11 is 6.77. The molecule has 0 fully saturated rings. The summed E-state index contributed by atoms with van der Waals surface area (Å²) in [6, 6.07) is 6.49. The molecule has 0 amide bonds. The number of alkyl halides is 3. The largest absolute Gasteiger partial charge is 0.417 e. The Morgan fingerprint density at radius 2 is 1.96 bits per heavy atom. The van der Waals surface area contributed by atoms with E-state index in [0.717, 1.165) is 28.4 Å². The maximum atomic E-state index is 13.7. The first-order valence-corrected chi connectivity index (χ1v) is 8.30. The molecule has 0 bridgehead atoms. The summed E-state index contributed by atoms with van der Waals surface area (Å²) in [5, 5.41) is 17.5. The van der Waals surface area contributed by atoms with Crippen molar-refractivity contribution in [3.8, 4) is 0 Å². The summed E-state index contributed by atoms with van der Waals surface area (Å²) in [5.74, 6) is -0.584. The summed E-state index contributed by atoms with van der Waals surface area (Å²) in [5.41, 5.74) is -0.781. The van der Waals surface area contributed by atoms with Gasteiger partial charge in [-0.2, -0.15) is 13.2 Å². The zero-order valence-corrected chi connectivity index (χ0v) is 13.9. The number of benzene rings is 1. The van der Waals surface area contributed by atoms with Crippen molar-refractivity contribution in [3.63, 3.8) is 0 Å². The van der Waals surface area contributed by atoms with Crippen LogP contribution in [0.15, 0.2) is 41.7 Å². The Labute approximate surface area is 148 Å². The van der Waals surface area contributed by atoms with Gasteiger partial charge in [-0.15, -0.1) is 10.2 Å². The van der Waals surface area contributed by atoms with Crippen molar-refractivity contribution in [3.05, 3.63) is 58.5 Å². The predicted molar refractivity (Wildman–Crippen MR) is 85.1 cm³/mol. The van der Waals surface area contributed by atoms with Gasteiger partial charge in [0.15, 0.2) is 10.8 Å². The molecule has 1 aromatic carbocycles. The molecule has 0 aliphatic heterocycles. The number of halogens is 5. The SMILES string of the molecule is OC(CSc1nnc2c(Cl)cc(C(F)(F)F)cn12)c1ccccc1F. The minimum atomic E-state index is -4.57. The lowest BCUT2D eigenvalue weighted by molar-refractivity contribution is -0.137. The van der Waals surface area contributed by atoms with E-state index >= 15 is 0 Å². The molecule has 0 saturated carbocycles. The fourth-order valence-corrected chi connectivity index (χ4v) is 3.29. The van der Waals surface area contributed by atoms with Crippen molar-refractivity contribution in [1.82, 2.24) is 14.6 Å². The Morgan fingerprint density at radius 1 is 1.24 bits per heavy atom. The summed E-state index contributed by atoms with van der Waals surface area (Å²) < 4.78 is 53.5. The number of pyridine rings is 1. The fraction of sp³-hybridized carbons (Fsp3) is 0.200. The lowest BCUT2D eigenvalue weighted by atomic mass is 10.1. The van der Waals surface area contributed by atoms with E-state index in [1.54, 1.807) is 6.07 Å². The Morgan fingerprint density at radius 3 is 2.64 bits per heavy atom. The van der Waals surface area contributed by atoms with Crippen molar-refractivity contribution in [2.75, 3.05) is 5.75 Å². The highest BCUT2D eigenvalue weighted by molar-refractivity contribution is 7.99. The van der Waals surface area contributed by atoms with Crippen LogP contribution in [0.1, 0.15) is 17.2 Å². The van der Waals surface area contributed by atoms with Crippen LogP contribution in [0.5, 0.6) is 0 Å². The molecule has 1 N–H and O–H groups in total. The van der Waals surface area contributed by atoms with Gasteiger partial charge >= 0.3 is 6.18 Å². The number of rotatable bonds is 4. The summed E-state index contributed by atoms with van der Waals surface area (Å²) in [4.78, 5) is 0. The number of aromatic nitrogens is 3. The van der Waals surface area contributed by atoms with E-state index in [-0.39, 0.29) is 27.1 Å². The summed E-state index contributed by atoms with van der Waals surface area (Å²) in [6.07, 6.45) is -4.89. The molecule has 3 aromatic rings. The number of aliphatic hydroxyl groups is 1. The zero-order chi connectivity index (χ0) is 18.2. The molecule has 25 heavy (non-hydrogen) atoms. The lowest BCUT2D eigenvalue weighted by Crippen LogP contribution is -2.07. The number of hydrogen-bond donors (Lipinski definition) is 1. The van der Waals surface area contributed by atoms with Crippen LogP contribution in [0, 0.1) is 5.82 Å². The van der Waals surface area contributed by atoms with Gasteiger partial charge in [-0.25, -0.2) is 4.39 Å². The van der Waals surface area contributed by atoms with Crippen molar-refractivity contribution < 1.29 is 22.7 Å². The molecule has 3 rings (SSSR count). The number of hydrogen-bond acceptors (Lipinski definition) is 4. The number of fused-ring (bicyclic) bond motifs is 1. The maximum Gasteiger partial charge on any atom is 0.417 e. The smallest absolute Gasteiger partial charge is 0.387 e. The van der Waals surface area contributed by atoms with Crippen molar-refractivity contribution >= 4 is 29.0 Å². The van der Waals surface area contributed by atoms with Gasteiger partial charge in [0.25, 0.3) is 0 Å². The number of nitrogens with zero attached hydrogens (tertiary/aromatic N) is 3. The van der Waals surface area contributed by atoms with Gasteiger partial charge in [-0.3, -0.25) is 4.40 Å². The monoisotopic (exact) mass is 391 g/mol. The highest BCUT2D eigenvalue weighted by atomic mass is 35.5. The molecule has 1 unspecified atom stereocenters. The molecule has 2 aromatic heterocycles. The normalized spacial score (nSPS) is 13.4. The van der Waals surface area contributed by atoms with Gasteiger partial charge in [0.05, 0.1) is 16.7 Å². The third kappa shape index (κ3) is 3.73. The molecule has 1 atom stereocenters. The standard InChI is InChI=1S/C15H10ClF4N3OS/c16-10-5-8(15(18,19)20)6-23-13(10)21-22-14(23)25-7-12(24)9-3-1-2-4-11(9)17/h1-6,12,24H,7H2. The Bertz CT molecular complexity index is 915. The van der Waals surface area contributed by atoms with Gasteiger partial charge in [-0.1, -0.05) is 41.6 Å². The molecule has 0 aliphatic carbocycles. The van der Waals surface area contributed by atoms with E-state index < -0.39 is 23.7 Å². The lowest BCUT2D eigenvalue weighted by Gasteiger charge is -2.11. The average molecular weight is 392 g/mol. The Balaban J connectivity index is 1.87. The average Bonchev–Trinajstić information content (AvgIpc) is 2.96. The molecular weight excluding hydrogens is 382 g/mol. The van der Waals surface area contributed by atoms with Crippen LogP contribution < -0.4 is 0 Å². The minimum absolute atomic E-state index is 0.0183. The summed E-state index contributed by atoms with van der Waals surface area (Å²) in [7, 11) is 0. The fourth-order valence-electron chi connectivity index (χ4n) is 2.18. The molecule has 0 aliphatic rings. The van der Waals surface area contributed by atoms with Crippen LogP contribution in [0.2, 0.25) is 5.02 Å². The molecule has 0 saturated heterocycles. The van der Waals surface area contributed by atoms with Gasteiger partial charge < -0.3 is 5.11 Å². The van der Waals surface area contributed by atoms with Crippen LogP contribution >= 0.6 is 23.4 Å². The Kier molecular flexibility index (Phi) is 4.90. The molecule has 0 spiro atoms. The van der Waals surface area contributed by atoms with E-state index in [4.69, 9.17) is 11.6 Å². The van der Waals surface area contributed by atoms with Crippen LogP contribution in [0.25, 0.3) is 5.65 Å². The first kappa shape index (κ1) is 18.0. The molecule has 10 heteroatoms. The van der Waals surface area contributed by atoms with E-state index in [9.17, 15) is 22.7 Å². The van der Waals surface area contributed by atoms with Gasteiger partial charge in [-0.05, 0) is 12.1 Å². The van der Waals surface area contributed by atoms with E-state index in [1.807, 2.05) is 0 Å². The molecule has 0 radical (unpaired) electrons. The molecule has 132 valence electrons. The highest BCUT2D eigenvalue weighted by Crippen LogP contribution is 2.34. The summed E-state index contributed by atoms with van der Waals surface area (Å²) in [6.45, 7) is 0. The van der Waals surface area contributed by atoms with E-state index in [2.05, 4.69) is 10.2 Å². The first-order chi connectivity index (χ1) is 11.8. The maximum absolute atomic E-state index is 13.7. The topological polar surface area (TPSA) is 50.4 Å². The second kappa shape index (κ2) is 6.81. The van der Waals surface area contributed by atoms with Gasteiger partial charge in [0.2, 0.25) is 0 Å². The van der Waals surface area contributed by atoms with Crippen molar-refractivity contribution in [2.24, 2.45) is 0 Å². The predicted octanol–water partition coefficient (Wildman–Crippen LogP) is 4.37. The Hall–Kier alpha value is -1.84. The minimum Gasteiger partial charge on any atom is -0.387 e. The zero-order valence-electron chi connectivity index (χ0n) is 12.3. The molecule has 4 nitrogen and oxygen atoms in total. The van der Waals surface area contributed by atoms with Crippen molar-refractivity contribution in [2.45, 2.75) is 17.4 Å². The van der Waals surface area contributed by atoms with Crippen molar-refractivity contribution in [1.29, 1.82) is 0 Å². The van der Waals surface area contributed by atoms with Gasteiger partial charge in [0.1, 0.15) is 5.82 Å². The first-order valence-electron chi connectivity index (χ1n) is 6.94. The second-order valence-electron chi connectivity index (χ2n) is 5.10. The highest BCUT2D eigenvalue weighted by Gasteiger charge is 2.32. The van der Waals surface area contributed by atoms with Crippen LogP contribution in [-0.4, -0.2) is 25.5 Å².